The molecule has 0 unspecified atom stereocenters. The number of carbonyl (C=O) groups is 1. The quantitative estimate of drug-likeness (QED) is 0.357. The molecule has 0 atom stereocenters. The molecule has 104 valence electrons. The van der Waals surface area contributed by atoms with Crippen molar-refractivity contribution in [3.63, 3.8) is 0 Å². The molecular formula is C11H12N6O3. The van der Waals surface area contributed by atoms with E-state index in [0.717, 1.165) is 6.07 Å². The van der Waals surface area contributed by atoms with Crippen molar-refractivity contribution in [1.29, 1.82) is 0 Å². The van der Waals surface area contributed by atoms with Crippen molar-refractivity contribution in [3.8, 4) is 0 Å². The van der Waals surface area contributed by atoms with Crippen molar-refractivity contribution in [2.75, 3.05) is 5.43 Å². The Bertz CT molecular complexity index is 625. The van der Waals surface area contributed by atoms with E-state index in [4.69, 9.17) is 5.84 Å². The molecule has 1 heterocycles. The first-order valence-electron chi connectivity index (χ1n) is 5.63. The standard InChI is InChI=1S/C11H12N6O3/c12-16-9-2-1-7(17(19)20)5-8(9)11(18)15-6-10-13-3-4-14-10/h1-5,16H,6,12H2,(H,13,14)(H,15,18). The first-order chi connectivity index (χ1) is 9.61. The second kappa shape index (κ2) is 5.80. The van der Waals surface area contributed by atoms with Crippen LogP contribution in [-0.2, 0) is 6.54 Å². The van der Waals surface area contributed by atoms with Crippen molar-refractivity contribution in [2.24, 2.45) is 5.84 Å². The fourth-order valence-electron chi connectivity index (χ4n) is 1.61. The number of anilines is 1. The lowest BCUT2D eigenvalue weighted by molar-refractivity contribution is -0.384. The molecule has 1 aromatic heterocycles. The molecule has 9 nitrogen and oxygen atoms in total. The molecule has 2 aromatic rings. The summed E-state index contributed by atoms with van der Waals surface area (Å²) in [6, 6.07) is 3.80. The first kappa shape index (κ1) is 13.5. The summed E-state index contributed by atoms with van der Waals surface area (Å²) in [6.07, 6.45) is 3.18. The largest absolute Gasteiger partial charge is 0.347 e. The van der Waals surface area contributed by atoms with Crippen molar-refractivity contribution in [2.45, 2.75) is 6.54 Å². The SMILES string of the molecule is NNc1ccc([N+](=O)[O-])cc1C(=O)NCc1ncc[nH]1. The fourth-order valence-corrected chi connectivity index (χ4v) is 1.61. The highest BCUT2D eigenvalue weighted by Gasteiger charge is 2.16. The average Bonchev–Trinajstić information content (AvgIpc) is 2.97. The van der Waals surface area contributed by atoms with Crippen LogP contribution in [0.2, 0.25) is 0 Å². The number of hydrazine groups is 1. The molecule has 1 aromatic carbocycles. The van der Waals surface area contributed by atoms with E-state index in [0.29, 0.717) is 11.5 Å². The Balaban J connectivity index is 2.18. The molecule has 0 aliphatic carbocycles. The van der Waals surface area contributed by atoms with Gasteiger partial charge in [-0.05, 0) is 6.07 Å². The van der Waals surface area contributed by atoms with Gasteiger partial charge in [-0.25, -0.2) is 4.98 Å². The predicted octanol–water partition coefficient (Wildman–Crippen LogP) is 0.533. The first-order valence-corrected chi connectivity index (χ1v) is 5.63. The Morgan fingerprint density at radius 1 is 1.50 bits per heavy atom. The number of benzene rings is 1. The van der Waals surface area contributed by atoms with Crippen LogP contribution >= 0.6 is 0 Å². The lowest BCUT2D eigenvalue weighted by Gasteiger charge is -2.08. The maximum atomic E-state index is 12.0. The summed E-state index contributed by atoms with van der Waals surface area (Å²) in [5.74, 6) is 5.37. The molecule has 5 N–H and O–H groups in total. The number of nitro benzene ring substituents is 1. The number of H-pyrrole nitrogens is 1. The summed E-state index contributed by atoms with van der Waals surface area (Å²) in [6.45, 7) is 0.179. The molecule has 0 aliphatic heterocycles. The molecule has 0 radical (unpaired) electrons. The number of nitrogens with one attached hydrogen (secondary N) is 3. The zero-order valence-electron chi connectivity index (χ0n) is 10.3. The van der Waals surface area contributed by atoms with Gasteiger partial charge in [0.15, 0.2) is 0 Å². The highest BCUT2D eigenvalue weighted by atomic mass is 16.6. The van der Waals surface area contributed by atoms with Crippen molar-refractivity contribution in [3.05, 3.63) is 52.1 Å². The lowest BCUT2D eigenvalue weighted by Crippen LogP contribution is -2.25. The van der Waals surface area contributed by atoms with Gasteiger partial charge in [0.25, 0.3) is 11.6 Å². The van der Waals surface area contributed by atoms with E-state index in [1.165, 1.54) is 12.1 Å². The average molecular weight is 276 g/mol. The van der Waals surface area contributed by atoms with Crippen LogP contribution in [0.25, 0.3) is 0 Å². The molecular weight excluding hydrogens is 264 g/mol. The minimum Gasteiger partial charge on any atom is -0.347 e. The molecule has 0 spiro atoms. The summed E-state index contributed by atoms with van der Waals surface area (Å²) in [4.78, 5) is 29.0. The number of rotatable bonds is 5. The Morgan fingerprint density at radius 3 is 2.90 bits per heavy atom. The van der Waals surface area contributed by atoms with Crippen LogP contribution in [-0.4, -0.2) is 20.8 Å². The summed E-state index contributed by atoms with van der Waals surface area (Å²) < 4.78 is 0. The number of nitrogens with zero attached hydrogens (tertiary/aromatic N) is 2. The molecule has 2 rings (SSSR count). The van der Waals surface area contributed by atoms with Gasteiger partial charge in [-0.1, -0.05) is 0 Å². The monoisotopic (exact) mass is 276 g/mol. The second-order valence-corrected chi connectivity index (χ2v) is 3.85. The van der Waals surface area contributed by atoms with Gasteiger partial charge >= 0.3 is 0 Å². The maximum Gasteiger partial charge on any atom is 0.270 e. The number of nitrogen functional groups attached to an aromatic ring is 1. The second-order valence-electron chi connectivity index (χ2n) is 3.85. The Hall–Kier alpha value is -2.94. The van der Waals surface area contributed by atoms with E-state index in [1.54, 1.807) is 12.4 Å². The van der Waals surface area contributed by atoms with Crippen LogP contribution in [0.15, 0.2) is 30.6 Å². The smallest absolute Gasteiger partial charge is 0.270 e. The van der Waals surface area contributed by atoms with Crippen LogP contribution in [0, 0.1) is 10.1 Å². The van der Waals surface area contributed by atoms with Crippen LogP contribution in [0.1, 0.15) is 16.2 Å². The Labute approximate surface area is 113 Å². The van der Waals surface area contributed by atoms with E-state index in [-0.39, 0.29) is 17.8 Å². The van der Waals surface area contributed by atoms with Crippen molar-refractivity contribution >= 4 is 17.3 Å². The molecule has 9 heteroatoms. The predicted molar refractivity (Wildman–Crippen MR) is 70.7 cm³/mol. The van der Waals surface area contributed by atoms with Crippen molar-refractivity contribution < 1.29 is 9.72 Å². The third kappa shape index (κ3) is 2.90. The van der Waals surface area contributed by atoms with Crippen molar-refractivity contribution in [1.82, 2.24) is 15.3 Å². The van der Waals surface area contributed by atoms with Gasteiger partial charge in [0.1, 0.15) is 5.82 Å². The van der Waals surface area contributed by atoms with Gasteiger partial charge in [0.05, 0.1) is 22.7 Å². The van der Waals surface area contributed by atoms with Crippen LogP contribution in [0.5, 0.6) is 0 Å². The Kier molecular flexibility index (Phi) is 3.91. The number of aromatic amines is 1. The highest BCUT2D eigenvalue weighted by Crippen LogP contribution is 2.21. The van der Waals surface area contributed by atoms with Gasteiger partial charge in [-0.3, -0.25) is 20.8 Å². The van der Waals surface area contributed by atoms with Crippen LogP contribution in [0.3, 0.4) is 0 Å². The number of amides is 1. The van der Waals surface area contributed by atoms with Gasteiger partial charge in [0, 0.05) is 24.5 Å². The van der Waals surface area contributed by atoms with Crippen LogP contribution < -0.4 is 16.6 Å². The molecule has 0 saturated heterocycles. The van der Waals surface area contributed by atoms with Gasteiger partial charge in [-0.2, -0.15) is 0 Å². The fraction of sp³-hybridized carbons (Fsp3) is 0.0909. The molecule has 0 fully saturated rings. The number of hydrogen-bond acceptors (Lipinski definition) is 6. The number of imidazole rings is 1. The summed E-state index contributed by atoms with van der Waals surface area (Å²) in [5, 5.41) is 13.3. The van der Waals surface area contributed by atoms with E-state index in [2.05, 4.69) is 20.7 Å². The third-order valence-corrected chi connectivity index (χ3v) is 2.59. The number of nitrogens with two attached hydrogens (primary N) is 1. The minimum absolute atomic E-state index is 0.0910. The number of non-ortho nitro benzene ring substituents is 1. The third-order valence-electron chi connectivity index (χ3n) is 2.59. The highest BCUT2D eigenvalue weighted by molar-refractivity contribution is 6.00. The number of carbonyl (C=O) groups excluding carboxylic acids is 1. The number of aromatic nitrogens is 2. The summed E-state index contributed by atoms with van der Waals surface area (Å²) in [7, 11) is 0. The van der Waals surface area contributed by atoms with Gasteiger partial charge < -0.3 is 15.7 Å². The molecule has 0 bridgehead atoms. The minimum atomic E-state index is -0.580. The summed E-state index contributed by atoms with van der Waals surface area (Å²) in [5.41, 5.74) is 2.53. The normalized spacial score (nSPS) is 10.1. The van der Waals surface area contributed by atoms with E-state index in [9.17, 15) is 14.9 Å². The van der Waals surface area contributed by atoms with E-state index >= 15 is 0 Å². The topological polar surface area (TPSA) is 139 Å². The zero-order chi connectivity index (χ0) is 14.5. The lowest BCUT2D eigenvalue weighted by atomic mass is 10.1. The molecule has 20 heavy (non-hydrogen) atoms. The molecule has 1 amide bonds. The van der Waals surface area contributed by atoms with E-state index < -0.39 is 10.8 Å². The van der Waals surface area contributed by atoms with Gasteiger partial charge in [-0.15, -0.1) is 0 Å². The Morgan fingerprint density at radius 2 is 2.30 bits per heavy atom. The zero-order valence-corrected chi connectivity index (χ0v) is 10.3. The van der Waals surface area contributed by atoms with Crippen LogP contribution in [0.4, 0.5) is 11.4 Å². The van der Waals surface area contributed by atoms with Gasteiger partial charge in [0.2, 0.25) is 0 Å². The number of nitro groups is 1. The molecule has 0 aliphatic rings. The van der Waals surface area contributed by atoms with E-state index in [1.807, 2.05) is 0 Å². The molecule has 0 saturated carbocycles. The number of hydrogen-bond donors (Lipinski definition) is 4. The summed E-state index contributed by atoms with van der Waals surface area (Å²) >= 11 is 0. The maximum absolute atomic E-state index is 12.0.